The van der Waals surface area contributed by atoms with E-state index in [2.05, 4.69) is 10.3 Å². The maximum absolute atomic E-state index is 12.9. The average molecular weight is 334 g/mol. The van der Waals surface area contributed by atoms with Crippen LogP contribution in [-0.2, 0) is 11.3 Å². The van der Waals surface area contributed by atoms with Gasteiger partial charge < -0.3 is 10.4 Å². The highest BCUT2D eigenvalue weighted by molar-refractivity contribution is 7.13. The van der Waals surface area contributed by atoms with Gasteiger partial charge in [0.1, 0.15) is 15.7 Å². The second-order valence-electron chi connectivity index (χ2n) is 5.55. The third-order valence-corrected chi connectivity index (χ3v) is 5.02. The number of nitrogens with zero attached hydrogens (tertiary/aromatic N) is 1. The first-order valence-corrected chi connectivity index (χ1v) is 8.00. The highest BCUT2D eigenvalue weighted by Gasteiger charge is 2.43. The largest absolute Gasteiger partial charge is 0.477 e. The molecule has 1 fully saturated rings. The molecule has 1 saturated carbocycles. The molecule has 0 spiro atoms. The second-order valence-corrected chi connectivity index (χ2v) is 6.63. The molecule has 1 aromatic heterocycles. The van der Waals surface area contributed by atoms with Crippen molar-refractivity contribution < 1.29 is 19.1 Å². The number of amides is 1. The van der Waals surface area contributed by atoms with Gasteiger partial charge in [-0.1, -0.05) is 12.1 Å². The van der Waals surface area contributed by atoms with Crippen LogP contribution in [0.1, 0.15) is 38.3 Å². The normalized spacial score (nSPS) is 19.4. The van der Waals surface area contributed by atoms with E-state index in [0.717, 1.165) is 23.3 Å². The van der Waals surface area contributed by atoms with Gasteiger partial charge in [0.25, 0.3) is 0 Å². The third-order valence-electron chi connectivity index (χ3n) is 3.87. The molecule has 120 valence electrons. The summed E-state index contributed by atoms with van der Waals surface area (Å²) >= 11 is 1.07. The zero-order chi connectivity index (χ0) is 16.6. The first kappa shape index (κ1) is 15.6. The number of thiazole rings is 1. The van der Waals surface area contributed by atoms with E-state index in [1.807, 2.05) is 0 Å². The van der Waals surface area contributed by atoms with Gasteiger partial charge in [-0.25, -0.2) is 14.2 Å². The Labute approximate surface area is 136 Å². The third kappa shape index (κ3) is 3.39. The van der Waals surface area contributed by atoms with E-state index < -0.39 is 5.97 Å². The molecule has 1 heterocycles. The molecule has 0 bridgehead atoms. The Morgan fingerprint density at radius 3 is 2.70 bits per heavy atom. The van der Waals surface area contributed by atoms with Gasteiger partial charge in [-0.05, 0) is 37.0 Å². The van der Waals surface area contributed by atoms with Crippen molar-refractivity contribution in [2.24, 2.45) is 5.92 Å². The van der Waals surface area contributed by atoms with E-state index >= 15 is 0 Å². The van der Waals surface area contributed by atoms with Gasteiger partial charge in [-0.3, -0.25) is 4.79 Å². The van der Waals surface area contributed by atoms with E-state index in [0.29, 0.717) is 10.7 Å². The smallest absolute Gasteiger partial charge is 0.347 e. The van der Waals surface area contributed by atoms with Crippen LogP contribution in [0.4, 0.5) is 4.39 Å². The lowest BCUT2D eigenvalue weighted by molar-refractivity contribution is -0.122. The molecule has 3 rings (SSSR count). The van der Waals surface area contributed by atoms with Crippen LogP contribution in [0.25, 0.3) is 0 Å². The summed E-state index contributed by atoms with van der Waals surface area (Å²) in [6, 6.07) is 6.20. The molecule has 0 aliphatic heterocycles. The molecule has 1 aliphatic carbocycles. The summed E-state index contributed by atoms with van der Waals surface area (Å²) < 4.78 is 12.9. The summed E-state index contributed by atoms with van der Waals surface area (Å²) in [6.45, 7) is 1.86. The number of halogens is 1. The van der Waals surface area contributed by atoms with Crippen molar-refractivity contribution >= 4 is 23.2 Å². The molecule has 0 radical (unpaired) electrons. The number of carboxylic acids is 1. The maximum Gasteiger partial charge on any atom is 0.347 e. The Balaban J connectivity index is 1.56. The van der Waals surface area contributed by atoms with Crippen molar-refractivity contribution in [3.8, 4) is 0 Å². The zero-order valence-electron chi connectivity index (χ0n) is 12.4. The molecule has 0 saturated heterocycles. The van der Waals surface area contributed by atoms with Crippen LogP contribution < -0.4 is 5.32 Å². The molecular formula is C16H15FN2O3S. The molecule has 2 unspecified atom stereocenters. The maximum atomic E-state index is 12.9. The fourth-order valence-corrected chi connectivity index (χ4v) is 3.43. The number of aryl methyl sites for hydroxylation is 1. The van der Waals surface area contributed by atoms with Gasteiger partial charge in [0, 0.05) is 5.92 Å². The summed E-state index contributed by atoms with van der Waals surface area (Å²) in [5.41, 5.74) is 1.42. The van der Waals surface area contributed by atoms with Gasteiger partial charge in [-0.2, -0.15) is 0 Å². The summed E-state index contributed by atoms with van der Waals surface area (Å²) in [7, 11) is 0. The molecule has 1 aliphatic rings. The first-order valence-electron chi connectivity index (χ1n) is 7.18. The molecule has 2 N–H and O–H groups in total. The summed E-state index contributed by atoms with van der Waals surface area (Å²) in [5, 5.41) is 12.4. The number of aromatic carboxylic acids is 1. The molecule has 1 aromatic carbocycles. The molecule has 7 heteroatoms. The average Bonchev–Trinajstić information content (AvgIpc) is 3.22. The minimum atomic E-state index is -1.00. The predicted molar refractivity (Wildman–Crippen MR) is 82.9 cm³/mol. The van der Waals surface area contributed by atoms with Gasteiger partial charge in [0.15, 0.2) is 0 Å². The molecule has 5 nitrogen and oxygen atoms in total. The Morgan fingerprint density at radius 2 is 2.09 bits per heavy atom. The molecule has 1 amide bonds. The van der Waals surface area contributed by atoms with E-state index in [1.54, 1.807) is 19.1 Å². The standard InChI is InChI=1S/C16H15FN2O3S/c1-8-14(16(21)22)23-13(19-8)7-18-15(20)12-6-11(12)9-2-4-10(17)5-3-9/h2-5,11-12H,6-7H2,1H3,(H,18,20)(H,21,22). The lowest BCUT2D eigenvalue weighted by Gasteiger charge is -2.03. The molecule has 23 heavy (non-hydrogen) atoms. The summed E-state index contributed by atoms with van der Waals surface area (Å²) in [4.78, 5) is 27.5. The highest BCUT2D eigenvalue weighted by Crippen LogP contribution is 2.47. The van der Waals surface area contributed by atoms with Crippen LogP contribution in [0.2, 0.25) is 0 Å². The number of carbonyl (C=O) groups excluding carboxylic acids is 1. The van der Waals surface area contributed by atoms with Crippen molar-refractivity contribution in [1.82, 2.24) is 10.3 Å². The fraction of sp³-hybridized carbons (Fsp3) is 0.312. The Hall–Kier alpha value is -2.28. The Bertz CT molecular complexity index is 757. The molecule has 2 aromatic rings. The number of nitrogens with one attached hydrogen (secondary N) is 1. The van der Waals surface area contributed by atoms with Gasteiger partial charge >= 0.3 is 5.97 Å². The quantitative estimate of drug-likeness (QED) is 0.881. The Kier molecular flexibility index (Phi) is 4.12. The van der Waals surface area contributed by atoms with E-state index in [4.69, 9.17) is 5.11 Å². The fourth-order valence-electron chi connectivity index (χ4n) is 2.58. The molecular weight excluding hydrogens is 319 g/mol. The topological polar surface area (TPSA) is 79.3 Å². The summed E-state index contributed by atoms with van der Waals surface area (Å²) in [5.74, 6) is -1.35. The zero-order valence-corrected chi connectivity index (χ0v) is 13.2. The van der Waals surface area contributed by atoms with Crippen LogP contribution in [0.15, 0.2) is 24.3 Å². The first-order chi connectivity index (χ1) is 11.0. The van der Waals surface area contributed by atoms with E-state index in [9.17, 15) is 14.0 Å². The van der Waals surface area contributed by atoms with Gasteiger partial charge in [0.2, 0.25) is 5.91 Å². The number of hydrogen-bond acceptors (Lipinski definition) is 4. The monoisotopic (exact) mass is 334 g/mol. The minimum Gasteiger partial charge on any atom is -0.477 e. The minimum absolute atomic E-state index is 0.0796. The van der Waals surface area contributed by atoms with E-state index in [-0.39, 0.29) is 35.0 Å². The lowest BCUT2D eigenvalue weighted by atomic mass is 10.1. The van der Waals surface area contributed by atoms with Crippen molar-refractivity contribution in [1.29, 1.82) is 0 Å². The number of carbonyl (C=O) groups is 2. The van der Waals surface area contributed by atoms with Gasteiger partial charge in [0.05, 0.1) is 12.2 Å². The van der Waals surface area contributed by atoms with Crippen LogP contribution in [0.5, 0.6) is 0 Å². The summed E-state index contributed by atoms with van der Waals surface area (Å²) in [6.07, 6.45) is 0.745. The van der Waals surface area contributed by atoms with Gasteiger partial charge in [-0.15, -0.1) is 11.3 Å². The van der Waals surface area contributed by atoms with Crippen LogP contribution in [-0.4, -0.2) is 22.0 Å². The van der Waals surface area contributed by atoms with Crippen molar-refractivity contribution in [3.63, 3.8) is 0 Å². The Morgan fingerprint density at radius 1 is 1.39 bits per heavy atom. The lowest BCUT2D eigenvalue weighted by Crippen LogP contribution is -2.24. The van der Waals surface area contributed by atoms with Crippen molar-refractivity contribution in [2.75, 3.05) is 0 Å². The number of carboxylic acid groups (broad SMARTS) is 1. The van der Waals surface area contributed by atoms with Crippen LogP contribution >= 0.6 is 11.3 Å². The second kappa shape index (κ2) is 6.08. The number of benzene rings is 1. The number of hydrogen-bond donors (Lipinski definition) is 2. The van der Waals surface area contributed by atoms with Crippen LogP contribution in [0, 0.1) is 18.7 Å². The SMILES string of the molecule is Cc1nc(CNC(=O)C2CC2c2ccc(F)cc2)sc1C(=O)O. The highest BCUT2D eigenvalue weighted by atomic mass is 32.1. The van der Waals surface area contributed by atoms with E-state index in [1.165, 1.54) is 12.1 Å². The number of aromatic nitrogens is 1. The molecule has 2 atom stereocenters. The predicted octanol–water partition coefficient (Wildman–Crippen LogP) is 2.71. The van der Waals surface area contributed by atoms with Crippen LogP contribution in [0.3, 0.4) is 0 Å². The number of rotatable bonds is 5. The van der Waals surface area contributed by atoms with Crippen molar-refractivity contribution in [2.45, 2.75) is 25.8 Å². The van der Waals surface area contributed by atoms with Crippen molar-refractivity contribution in [3.05, 3.63) is 51.2 Å².